The number of rotatable bonds is 4. The minimum Gasteiger partial charge on any atom is -0.0623 e. The summed E-state index contributed by atoms with van der Waals surface area (Å²) in [6.45, 7) is 27.2. The van der Waals surface area contributed by atoms with Gasteiger partial charge in [-0.05, 0) is 60.2 Å². The van der Waals surface area contributed by atoms with Gasteiger partial charge in [0.1, 0.15) is 0 Å². The molecule has 290 valence electrons. The van der Waals surface area contributed by atoms with Crippen molar-refractivity contribution in [3.63, 3.8) is 0 Å². The van der Waals surface area contributed by atoms with Gasteiger partial charge in [-0.25, -0.2) is 0 Å². The summed E-state index contributed by atoms with van der Waals surface area (Å²) in [6, 6.07) is 29.7. The number of H-pyrrole nitrogens is 1. The molecule has 0 saturated heterocycles. The van der Waals surface area contributed by atoms with Crippen LogP contribution in [0.3, 0.4) is 0 Å². The molecule has 1 atom stereocenters. The van der Waals surface area contributed by atoms with Crippen LogP contribution in [0.25, 0.3) is 17.2 Å². The molecule has 55 heavy (non-hydrogen) atoms. The Balaban J connectivity index is 0.000000236. The van der Waals surface area contributed by atoms with Gasteiger partial charge in [-0.2, -0.15) is 0 Å². The van der Waals surface area contributed by atoms with Gasteiger partial charge in [0, 0.05) is 41.0 Å². The molecule has 0 radical (unpaired) electrons. The molecular formula is C52H66N2Se. The largest absolute Gasteiger partial charge is 0.0623 e. The molecule has 0 fully saturated rings. The Morgan fingerprint density at radius 2 is 1.58 bits per heavy atom. The second-order valence-electron chi connectivity index (χ2n) is 13.0. The summed E-state index contributed by atoms with van der Waals surface area (Å²) in [5.74, 6) is 0.658. The van der Waals surface area contributed by atoms with Crippen LogP contribution in [0.15, 0.2) is 158 Å². The number of fused-ring (bicyclic) bond motifs is 5. The molecule has 2 nitrogen and oxygen atoms in total. The van der Waals surface area contributed by atoms with Crippen molar-refractivity contribution >= 4 is 42.3 Å². The second kappa shape index (κ2) is 24.1. The summed E-state index contributed by atoms with van der Waals surface area (Å²) in [7, 11) is 0. The van der Waals surface area contributed by atoms with Gasteiger partial charge in [0.25, 0.3) is 0 Å². The van der Waals surface area contributed by atoms with Crippen molar-refractivity contribution in [3.05, 3.63) is 186 Å². The molecule has 3 aromatic carbocycles. The van der Waals surface area contributed by atoms with Crippen LogP contribution in [-0.4, -0.2) is 19.9 Å². The third-order valence-electron chi connectivity index (χ3n) is 9.40. The number of nitrogens with zero attached hydrogens (tertiary/aromatic N) is 1. The number of nitrogens with one attached hydrogen (secondary N) is 1. The molecule has 1 N–H and O–H groups in total. The number of benzene rings is 3. The molecule has 3 heterocycles. The van der Waals surface area contributed by atoms with Crippen LogP contribution in [0.1, 0.15) is 110 Å². The first kappa shape index (κ1) is 44.8. The van der Waals surface area contributed by atoms with Gasteiger partial charge in [0.15, 0.2) is 0 Å². The average Bonchev–Trinajstić information content (AvgIpc) is 3.86. The smallest absolute Gasteiger partial charge is 0.0623 e. The Morgan fingerprint density at radius 1 is 0.891 bits per heavy atom. The van der Waals surface area contributed by atoms with Gasteiger partial charge < -0.3 is 9.88 Å². The normalized spacial score (nSPS) is 18.3. The first-order valence-electron chi connectivity index (χ1n) is 20.6. The number of hydrogen-bond donors (Lipinski definition) is 1. The van der Waals surface area contributed by atoms with Gasteiger partial charge >= 0.3 is 116 Å². The molecule has 2 aliphatic heterocycles. The van der Waals surface area contributed by atoms with Crippen molar-refractivity contribution in [1.82, 2.24) is 4.98 Å². The van der Waals surface area contributed by atoms with Crippen LogP contribution < -0.4 is 9.36 Å². The van der Waals surface area contributed by atoms with Crippen molar-refractivity contribution < 1.29 is 0 Å². The zero-order chi connectivity index (χ0) is 40.2. The fourth-order valence-corrected chi connectivity index (χ4v) is 10.1. The van der Waals surface area contributed by atoms with Gasteiger partial charge in [0.2, 0.25) is 0 Å². The molecule has 8 rings (SSSR count). The number of allylic oxidation sites excluding steroid dienone is 10. The van der Waals surface area contributed by atoms with Crippen molar-refractivity contribution in [1.29, 1.82) is 0 Å². The molecule has 4 bridgehead atoms. The topological polar surface area (TPSA) is 19.0 Å². The Hall–Kier alpha value is -4.56. The van der Waals surface area contributed by atoms with E-state index in [-0.39, 0.29) is 0 Å². The first-order chi connectivity index (χ1) is 27.0. The van der Waals surface area contributed by atoms with Crippen LogP contribution in [0, 0.1) is 5.92 Å². The molecule has 3 heteroatoms. The molecular weight excluding hydrogens is 732 g/mol. The molecule has 0 spiro atoms. The third kappa shape index (κ3) is 11.7. The predicted molar refractivity (Wildman–Crippen MR) is 248 cm³/mol. The molecule has 1 aromatic heterocycles. The van der Waals surface area contributed by atoms with Crippen molar-refractivity contribution in [2.24, 2.45) is 5.92 Å². The zero-order valence-electron chi connectivity index (χ0n) is 35.2. The van der Waals surface area contributed by atoms with Gasteiger partial charge in [-0.15, -0.1) is 0 Å². The van der Waals surface area contributed by atoms with E-state index in [0.717, 1.165) is 37.8 Å². The zero-order valence-corrected chi connectivity index (χ0v) is 36.9. The maximum absolute atomic E-state index is 4.31. The summed E-state index contributed by atoms with van der Waals surface area (Å²) in [6.07, 6.45) is 23.1. The van der Waals surface area contributed by atoms with Crippen molar-refractivity contribution in [2.45, 2.75) is 99.2 Å². The summed E-state index contributed by atoms with van der Waals surface area (Å²) < 4.78 is 1.56. The van der Waals surface area contributed by atoms with E-state index in [0.29, 0.717) is 25.7 Å². The van der Waals surface area contributed by atoms with E-state index in [4.69, 9.17) is 0 Å². The van der Waals surface area contributed by atoms with Crippen LogP contribution in [0.4, 0.5) is 5.69 Å². The summed E-state index contributed by atoms with van der Waals surface area (Å²) >= 11 is 0.543. The molecule has 2 aliphatic carbocycles. The maximum Gasteiger partial charge on any atom is -0.0623 e. The summed E-state index contributed by atoms with van der Waals surface area (Å²) in [5.41, 5.74) is 14.7. The number of aromatic amines is 1. The molecule has 4 aliphatic rings. The average molecular weight is 798 g/mol. The van der Waals surface area contributed by atoms with E-state index < -0.39 is 0 Å². The maximum atomic E-state index is 4.31. The summed E-state index contributed by atoms with van der Waals surface area (Å²) in [5, 5.41) is 0. The Morgan fingerprint density at radius 3 is 2.24 bits per heavy atom. The third-order valence-corrected chi connectivity index (χ3v) is 12.1. The fraction of sp³-hybridized carbons (Fsp3) is 0.308. The number of aromatic nitrogens is 1. The SMILES string of the molecule is C=C/C(=C\CC)N1/C2=C/c3cc[nH]c3C(=C)CCc3cccc1c3C2.CC.CC.CC.CC(C)/C1=C/C/C=C\C2=CC1[Se]c1ccccc12.c1ccccc1. The van der Waals surface area contributed by atoms with Crippen molar-refractivity contribution in [3.8, 4) is 0 Å². The van der Waals surface area contributed by atoms with Gasteiger partial charge in [-0.1, -0.05) is 116 Å². The number of anilines is 1. The minimum atomic E-state index is 0.543. The van der Waals surface area contributed by atoms with E-state index in [2.05, 4.69) is 129 Å². The number of aryl methyl sites for hydroxylation is 1. The van der Waals surface area contributed by atoms with Crippen LogP contribution in [-0.2, 0) is 12.8 Å². The Kier molecular flexibility index (Phi) is 19.6. The van der Waals surface area contributed by atoms with Crippen LogP contribution in [0.2, 0.25) is 4.82 Å². The Bertz CT molecular complexity index is 1920. The molecule has 0 amide bonds. The standard InChI is InChI=1S/C23H24N2.C17H18Se.C6H6.3C2H6/c1-4-7-19(5-2)25-20-14-18-12-13-24-23(18)16(3)10-11-17-8-6-9-22(25)21(17)15-20;1-12(2)14-8-4-3-7-13-11-17(14)18-16-10-6-5-9-15(13)16;1-2-4-6-5-3-1;3*1-2/h5-9,12-14,24H,2-4,10-11,15H2,1H3;3,5-12,17H,4H2,1-2H3;1-6H;3*1-2H3/b19-7+,20-14+;7-3-,14-8-;;;;. The molecule has 4 aromatic rings. The van der Waals surface area contributed by atoms with E-state index in [9.17, 15) is 0 Å². The molecule has 0 saturated carbocycles. The summed E-state index contributed by atoms with van der Waals surface area (Å²) in [4.78, 5) is 6.41. The van der Waals surface area contributed by atoms with E-state index in [1.54, 1.807) is 10.0 Å². The number of hydrogen-bond acceptors (Lipinski definition) is 1. The minimum absolute atomic E-state index is 0.543. The quantitative estimate of drug-likeness (QED) is 0.124. The van der Waals surface area contributed by atoms with Gasteiger partial charge in [-0.3, -0.25) is 0 Å². The Labute approximate surface area is 341 Å². The van der Waals surface area contributed by atoms with E-state index in [1.165, 1.54) is 50.5 Å². The van der Waals surface area contributed by atoms with Crippen LogP contribution >= 0.6 is 0 Å². The monoisotopic (exact) mass is 798 g/mol. The first-order valence-corrected chi connectivity index (χ1v) is 22.5. The van der Waals surface area contributed by atoms with E-state index in [1.807, 2.05) is 90.2 Å². The molecule has 1 unspecified atom stereocenters. The second-order valence-corrected chi connectivity index (χ2v) is 15.5. The van der Waals surface area contributed by atoms with Gasteiger partial charge in [0.05, 0.1) is 0 Å². The predicted octanol–water partition coefficient (Wildman–Crippen LogP) is 14.4. The van der Waals surface area contributed by atoms with Crippen molar-refractivity contribution in [2.75, 3.05) is 4.90 Å². The van der Waals surface area contributed by atoms with Crippen LogP contribution in [0.5, 0.6) is 0 Å². The van der Waals surface area contributed by atoms with E-state index >= 15 is 0 Å². The fourth-order valence-electron chi connectivity index (χ4n) is 6.98.